The number of carboxylic acids is 1. The number of carboxylic acid groups (broad SMARTS) is 1. The summed E-state index contributed by atoms with van der Waals surface area (Å²) in [5.74, 6) is -1.93. The Kier molecular flexibility index (Phi) is 2.93. The number of aromatic hydroxyl groups is 2. The van der Waals surface area contributed by atoms with E-state index in [9.17, 15) is 4.79 Å². The number of aliphatic carboxylic acids is 1. The molecule has 0 fully saturated rings. The number of phenols is 2. The van der Waals surface area contributed by atoms with Gasteiger partial charge in [0.25, 0.3) is 0 Å². The van der Waals surface area contributed by atoms with Crippen LogP contribution in [0, 0.1) is 0 Å². The summed E-state index contributed by atoms with van der Waals surface area (Å²) in [4.78, 5) is 10.3. The second-order valence-electron chi connectivity index (χ2n) is 2.88. The van der Waals surface area contributed by atoms with E-state index in [4.69, 9.17) is 20.4 Å². The Morgan fingerprint density at radius 3 is 2.43 bits per heavy atom. The van der Waals surface area contributed by atoms with Crippen LogP contribution in [0.25, 0.3) is 0 Å². The fourth-order valence-electron chi connectivity index (χ4n) is 1.01. The van der Waals surface area contributed by atoms with Crippen LogP contribution in [0.3, 0.4) is 0 Å². The van der Waals surface area contributed by atoms with E-state index in [-0.39, 0.29) is 17.9 Å². The molecule has 1 rings (SSSR count). The summed E-state index contributed by atoms with van der Waals surface area (Å²) in [5.41, 5.74) is 0.440. The summed E-state index contributed by atoms with van der Waals surface area (Å²) in [6, 6.07) is 3.88. The van der Waals surface area contributed by atoms with Gasteiger partial charge in [-0.15, -0.1) is 0 Å². The highest BCUT2D eigenvalue weighted by Crippen LogP contribution is 2.25. The predicted molar refractivity (Wildman–Crippen MR) is 47.1 cm³/mol. The molecule has 0 aliphatic carbocycles. The average molecular weight is 198 g/mol. The number of hydrogen-bond acceptors (Lipinski definition) is 4. The second-order valence-corrected chi connectivity index (χ2v) is 2.88. The first-order valence-electron chi connectivity index (χ1n) is 3.92. The fraction of sp³-hybridized carbons (Fsp3) is 0.222. The van der Waals surface area contributed by atoms with Gasteiger partial charge in [0.15, 0.2) is 17.6 Å². The Morgan fingerprint density at radius 2 is 1.93 bits per heavy atom. The number of carbonyl (C=O) groups is 1. The molecule has 0 heterocycles. The van der Waals surface area contributed by atoms with E-state index in [1.807, 2.05) is 0 Å². The number of benzene rings is 1. The first-order chi connectivity index (χ1) is 6.50. The van der Waals surface area contributed by atoms with Crippen LogP contribution in [0.4, 0.5) is 0 Å². The minimum absolute atomic E-state index is 0.108. The molecule has 5 nitrogen and oxygen atoms in total. The van der Waals surface area contributed by atoms with Crippen molar-refractivity contribution in [1.29, 1.82) is 0 Å². The first-order valence-corrected chi connectivity index (χ1v) is 3.92. The Hall–Kier alpha value is -1.75. The van der Waals surface area contributed by atoms with Crippen LogP contribution in [0.5, 0.6) is 11.5 Å². The molecule has 0 amide bonds. The van der Waals surface area contributed by atoms with Crippen molar-refractivity contribution < 1.29 is 25.2 Å². The smallest absolute Gasteiger partial charge is 0.332 e. The van der Waals surface area contributed by atoms with Gasteiger partial charge in [-0.3, -0.25) is 0 Å². The normalized spacial score (nSPS) is 12.4. The van der Waals surface area contributed by atoms with Gasteiger partial charge in [-0.1, -0.05) is 6.07 Å². The van der Waals surface area contributed by atoms with E-state index in [1.165, 1.54) is 18.2 Å². The quantitative estimate of drug-likeness (QED) is 0.516. The van der Waals surface area contributed by atoms with Crippen LogP contribution in [0.2, 0.25) is 0 Å². The molecule has 0 saturated heterocycles. The van der Waals surface area contributed by atoms with Crippen molar-refractivity contribution in [3.8, 4) is 11.5 Å². The molecule has 1 atom stereocenters. The number of aliphatic hydroxyl groups is 1. The van der Waals surface area contributed by atoms with Crippen LogP contribution in [0.1, 0.15) is 5.56 Å². The maximum atomic E-state index is 10.3. The Morgan fingerprint density at radius 1 is 1.29 bits per heavy atom. The van der Waals surface area contributed by atoms with Crippen LogP contribution in [-0.2, 0) is 11.2 Å². The summed E-state index contributed by atoms with van der Waals surface area (Å²) in [5, 5.41) is 35.4. The largest absolute Gasteiger partial charge is 0.504 e. The van der Waals surface area contributed by atoms with Gasteiger partial charge in [0.1, 0.15) is 0 Å². The molecule has 14 heavy (non-hydrogen) atoms. The highest BCUT2D eigenvalue weighted by molar-refractivity contribution is 5.72. The topological polar surface area (TPSA) is 98.0 Å². The SMILES string of the molecule is O=C(O)[C@@H](O)Cc1ccc(O)c(O)c1. The number of rotatable bonds is 3. The zero-order chi connectivity index (χ0) is 10.7. The highest BCUT2D eigenvalue weighted by Gasteiger charge is 2.14. The highest BCUT2D eigenvalue weighted by atomic mass is 16.4. The number of hydrogen-bond donors (Lipinski definition) is 4. The summed E-state index contributed by atoms with van der Waals surface area (Å²) in [6.07, 6.45) is -1.61. The van der Waals surface area contributed by atoms with Crippen molar-refractivity contribution in [3.63, 3.8) is 0 Å². The van der Waals surface area contributed by atoms with E-state index in [0.29, 0.717) is 5.56 Å². The van der Waals surface area contributed by atoms with E-state index < -0.39 is 12.1 Å². The molecule has 0 aliphatic heterocycles. The van der Waals surface area contributed by atoms with Crippen molar-refractivity contribution in [3.05, 3.63) is 23.8 Å². The van der Waals surface area contributed by atoms with Gasteiger partial charge in [-0.2, -0.15) is 0 Å². The summed E-state index contributed by atoms with van der Waals surface area (Å²) in [6.45, 7) is 0. The molecule has 76 valence electrons. The summed E-state index contributed by atoms with van der Waals surface area (Å²) < 4.78 is 0. The van der Waals surface area contributed by atoms with Gasteiger partial charge in [0.2, 0.25) is 0 Å². The van der Waals surface area contributed by atoms with Crippen LogP contribution >= 0.6 is 0 Å². The zero-order valence-electron chi connectivity index (χ0n) is 7.21. The molecule has 0 aliphatic rings. The van der Waals surface area contributed by atoms with Gasteiger partial charge in [0, 0.05) is 6.42 Å². The average Bonchev–Trinajstić information content (AvgIpc) is 2.11. The second kappa shape index (κ2) is 3.97. The maximum absolute atomic E-state index is 10.3. The third kappa shape index (κ3) is 2.37. The van der Waals surface area contributed by atoms with Gasteiger partial charge in [-0.25, -0.2) is 4.79 Å². The van der Waals surface area contributed by atoms with Crippen molar-refractivity contribution >= 4 is 5.97 Å². The minimum Gasteiger partial charge on any atom is -0.504 e. The standard InChI is InChI=1S/C9H10O5/c10-6-2-1-5(3-7(6)11)4-8(12)9(13)14/h1-3,8,10-12H,4H2,(H,13,14)/t8-/m0/s1. The molecular weight excluding hydrogens is 188 g/mol. The monoisotopic (exact) mass is 198 g/mol. The summed E-state index contributed by atoms with van der Waals surface area (Å²) >= 11 is 0. The van der Waals surface area contributed by atoms with Gasteiger partial charge >= 0.3 is 5.97 Å². The van der Waals surface area contributed by atoms with E-state index >= 15 is 0 Å². The van der Waals surface area contributed by atoms with E-state index in [2.05, 4.69) is 0 Å². The van der Waals surface area contributed by atoms with Gasteiger partial charge in [0.05, 0.1) is 0 Å². The predicted octanol–water partition coefficient (Wildman–Crippen LogP) is 0.0858. The fourth-order valence-corrected chi connectivity index (χ4v) is 1.01. The summed E-state index contributed by atoms with van der Waals surface area (Å²) in [7, 11) is 0. The van der Waals surface area contributed by atoms with Gasteiger partial charge in [-0.05, 0) is 17.7 Å². The lowest BCUT2D eigenvalue weighted by molar-refractivity contribution is -0.146. The Labute approximate surface area is 79.9 Å². The van der Waals surface area contributed by atoms with Crippen LogP contribution < -0.4 is 0 Å². The van der Waals surface area contributed by atoms with Crippen molar-refractivity contribution in [2.24, 2.45) is 0 Å². The molecule has 4 N–H and O–H groups in total. The van der Waals surface area contributed by atoms with Crippen LogP contribution in [0.15, 0.2) is 18.2 Å². The zero-order valence-corrected chi connectivity index (χ0v) is 7.21. The Balaban J connectivity index is 2.78. The molecule has 0 saturated carbocycles. The molecular formula is C9H10O5. The van der Waals surface area contributed by atoms with E-state index in [0.717, 1.165) is 0 Å². The third-order valence-electron chi connectivity index (χ3n) is 1.75. The lowest BCUT2D eigenvalue weighted by Crippen LogP contribution is -2.21. The number of phenolic OH excluding ortho intramolecular Hbond substituents is 2. The molecule has 1 aromatic carbocycles. The van der Waals surface area contributed by atoms with Crippen molar-refractivity contribution in [2.75, 3.05) is 0 Å². The van der Waals surface area contributed by atoms with Crippen LogP contribution in [-0.4, -0.2) is 32.5 Å². The molecule has 0 aromatic heterocycles. The lowest BCUT2D eigenvalue weighted by atomic mass is 10.1. The molecule has 5 heteroatoms. The lowest BCUT2D eigenvalue weighted by Gasteiger charge is -2.06. The van der Waals surface area contributed by atoms with Crippen molar-refractivity contribution in [1.82, 2.24) is 0 Å². The number of aliphatic hydroxyl groups excluding tert-OH is 1. The van der Waals surface area contributed by atoms with Crippen molar-refractivity contribution in [2.45, 2.75) is 12.5 Å². The third-order valence-corrected chi connectivity index (χ3v) is 1.75. The molecule has 1 aromatic rings. The maximum Gasteiger partial charge on any atom is 0.332 e. The van der Waals surface area contributed by atoms with E-state index in [1.54, 1.807) is 0 Å². The first kappa shape index (κ1) is 10.3. The molecule has 0 spiro atoms. The molecule has 0 unspecified atom stereocenters. The molecule has 0 radical (unpaired) electrons. The Bertz CT molecular complexity index is 347. The van der Waals surface area contributed by atoms with Gasteiger partial charge < -0.3 is 20.4 Å². The minimum atomic E-state index is -1.50. The molecule has 0 bridgehead atoms.